The van der Waals surface area contributed by atoms with Crippen LogP contribution < -0.4 is 5.32 Å². The van der Waals surface area contributed by atoms with Gasteiger partial charge >= 0.3 is 0 Å². The fraction of sp³-hybridized carbons (Fsp3) is 0.562. The van der Waals surface area contributed by atoms with Gasteiger partial charge in [0, 0.05) is 11.6 Å². The van der Waals surface area contributed by atoms with Crippen LogP contribution in [0, 0.1) is 11.8 Å². The van der Waals surface area contributed by atoms with Crippen molar-refractivity contribution in [3.8, 4) is 0 Å². The van der Waals surface area contributed by atoms with Gasteiger partial charge in [-0.05, 0) is 48.8 Å². The molecular formula is C16H19ClN2O. The number of carbonyl (C=O) groups is 1. The van der Waals surface area contributed by atoms with Crippen LogP contribution in [0.5, 0.6) is 0 Å². The Balaban J connectivity index is 1.61. The lowest BCUT2D eigenvalue weighted by Crippen LogP contribution is -2.33. The van der Waals surface area contributed by atoms with Gasteiger partial charge in [0.15, 0.2) is 0 Å². The average Bonchev–Trinajstić information content (AvgIpc) is 3.32. The quantitative estimate of drug-likeness (QED) is 0.928. The number of hydrogen-bond donors (Lipinski definition) is 1. The summed E-state index contributed by atoms with van der Waals surface area (Å²) in [5.41, 5.74) is 0.891. The summed E-state index contributed by atoms with van der Waals surface area (Å²) in [4.78, 5) is 14.7. The fourth-order valence-corrected chi connectivity index (χ4v) is 3.41. The zero-order valence-corrected chi connectivity index (χ0v) is 12.4. The standard InChI is InChI=1S/C16H19ClN2O/c1-10-8-12(10)9-19-14(11-2-4-13(17)5-3-11)18-16(6-7-16)15(19)20/h2-5,10,12,14,18H,6-9H2,1H3. The number of halogens is 1. The summed E-state index contributed by atoms with van der Waals surface area (Å²) in [5.74, 6) is 1.76. The summed E-state index contributed by atoms with van der Waals surface area (Å²) in [6, 6.07) is 7.85. The van der Waals surface area contributed by atoms with Crippen molar-refractivity contribution in [3.05, 3.63) is 34.9 Å². The highest BCUT2D eigenvalue weighted by Crippen LogP contribution is 2.48. The fourth-order valence-electron chi connectivity index (χ4n) is 3.28. The predicted octanol–water partition coefficient (Wildman–Crippen LogP) is 2.96. The molecule has 4 rings (SSSR count). The molecule has 20 heavy (non-hydrogen) atoms. The highest BCUT2D eigenvalue weighted by molar-refractivity contribution is 6.30. The monoisotopic (exact) mass is 290 g/mol. The molecule has 3 aliphatic rings. The Morgan fingerprint density at radius 3 is 2.55 bits per heavy atom. The molecule has 0 radical (unpaired) electrons. The van der Waals surface area contributed by atoms with E-state index < -0.39 is 0 Å². The Hall–Kier alpha value is -1.06. The Morgan fingerprint density at radius 2 is 2.00 bits per heavy atom. The smallest absolute Gasteiger partial charge is 0.244 e. The van der Waals surface area contributed by atoms with E-state index in [1.807, 2.05) is 24.3 Å². The Labute approximate surface area is 124 Å². The first kappa shape index (κ1) is 12.7. The van der Waals surface area contributed by atoms with Crippen molar-refractivity contribution in [1.29, 1.82) is 0 Å². The molecule has 1 saturated heterocycles. The normalized spacial score (nSPS) is 33.8. The van der Waals surface area contributed by atoms with E-state index in [2.05, 4.69) is 17.1 Å². The van der Waals surface area contributed by atoms with Gasteiger partial charge in [-0.25, -0.2) is 0 Å². The average molecular weight is 291 g/mol. The summed E-state index contributed by atoms with van der Waals surface area (Å²) in [5, 5.41) is 4.30. The Bertz CT molecular complexity index is 552. The number of nitrogens with zero attached hydrogens (tertiary/aromatic N) is 1. The van der Waals surface area contributed by atoms with E-state index in [1.165, 1.54) is 6.42 Å². The van der Waals surface area contributed by atoms with Crippen LogP contribution in [0.25, 0.3) is 0 Å². The van der Waals surface area contributed by atoms with Gasteiger partial charge in [0.25, 0.3) is 0 Å². The molecule has 3 fully saturated rings. The Kier molecular flexibility index (Phi) is 2.67. The third-order valence-electron chi connectivity index (χ3n) is 5.04. The minimum atomic E-state index is -0.248. The van der Waals surface area contributed by atoms with Crippen LogP contribution in [0.4, 0.5) is 0 Å². The first-order valence-corrected chi connectivity index (χ1v) is 7.81. The van der Waals surface area contributed by atoms with Crippen LogP contribution >= 0.6 is 11.6 Å². The lowest BCUT2D eigenvalue weighted by molar-refractivity contribution is -0.131. The number of rotatable bonds is 3. The molecule has 2 aliphatic carbocycles. The van der Waals surface area contributed by atoms with Crippen LogP contribution in [-0.4, -0.2) is 22.9 Å². The molecule has 0 bridgehead atoms. The molecule has 106 valence electrons. The molecule has 1 aromatic carbocycles. The molecule has 1 heterocycles. The molecule has 4 heteroatoms. The second kappa shape index (κ2) is 4.22. The van der Waals surface area contributed by atoms with Crippen molar-refractivity contribution in [2.24, 2.45) is 11.8 Å². The summed E-state index contributed by atoms with van der Waals surface area (Å²) >= 11 is 5.96. The van der Waals surface area contributed by atoms with Crippen molar-refractivity contribution in [2.45, 2.75) is 37.9 Å². The van der Waals surface area contributed by atoms with E-state index in [-0.39, 0.29) is 11.7 Å². The molecule has 1 aromatic rings. The second-order valence-electron chi connectivity index (χ2n) is 6.61. The maximum absolute atomic E-state index is 12.6. The van der Waals surface area contributed by atoms with Gasteiger partial charge in [-0.2, -0.15) is 0 Å². The van der Waals surface area contributed by atoms with Crippen LogP contribution in [-0.2, 0) is 4.79 Å². The molecular weight excluding hydrogens is 272 g/mol. The van der Waals surface area contributed by atoms with Gasteiger partial charge in [-0.15, -0.1) is 0 Å². The van der Waals surface area contributed by atoms with Gasteiger partial charge in [0.2, 0.25) is 5.91 Å². The van der Waals surface area contributed by atoms with Gasteiger partial charge in [-0.1, -0.05) is 30.7 Å². The lowest BCUT2D eigenvalue weighted by Gasteiger charge is -2.24. The van der Waals surface area contributed by atoms with Crippen LogP contribution in [0.2, 0.25) is 5.02 Å². The zero-order valence-electron chi connectivity index (χ0n) is 11.6. The van der Waals surface area contributed by atoms with E-state index in [9.17, 15) is 4.79 Å². The maximum atomic E-state index is 12.6. The molecule has 0 aromatic heterocycles. The minimum absolute atomic E-state index is 0.0232. The van der Waals surface area contributed by atoms with Crippen molar-refractivity contribution in [3.63, 3.8) is 0 Å². The molecule has 2 saturated carbocycles. The zero-order chi connectivity index (χ0) is 13.9. The molecule has 3 atom stereocenters. The largest absolute Gasteiger partial charge is 0.321 e. The van der Waals surface area contributed by atoms with Gasteiger partial charge in [-0.3, -0.25) is 10.1 Å². The van der Waals surface area contributed by atoms with Gasteiger partial charge in [0.1, 0.15) is 11.7 Å². The van der Waals surface area contributed by atoms with E-state index in [4.69, 9.17) is 11.6 Å². The summed E-state index contributed by atoms with van der Waals surface area (Å²) in [6.45, 7) is 3.16. The van der Waals surface area contributed by atoms with E-state index in [0.29, 0.717) is 11.8 Å². The van der Waals surface area contributed by atoms with Crippen molar-refractivity contribution in [2.75, 3.05) is 6.54 Å². The van der Waals surface area contributed by atoms with Gasteiger partial charge in [0.05, 0.1) is 0 Å². The highest BCUT2D eigenvalue weighted by atomic mass is 35.5. The molecule has 3 unspecified atom stereocenters. The first-order chi connectivity index (χ1) is 9.59. The van der Waals surface area contributed by atoms with Crippen molar-refractivity contribution >= 4 is 17.5 Å². The molecule has 3 nitrogen and oxygen atoms in total. The minimum Gasteiger partial charge on any atom is -0.321 e. The molecule has 1 N–H and O–H groups in total. The molecule has 1 spiro atoms. The van der Waals surface area contributed by atoms with E-state index >= 15 is 0 Å². The van der Waals surface area contributed by atoms with Crippen LogP contribution in [0.15, 0.2) is 24.3 Å². The van der Waals surface area contributed by atoms with E-state index in [0.717, 1.165) is 35.9 Å². The number of amides is 1. The topological polar surface area (TPSA) is 32.3 Å². The van der Waals surface area contributed by atoms with E-state index in [1.54, 1.807) is 0 Å². The number of carbonyl (C=O) groups excluding carboxylic acids is 1. The third kappa shape index (κ3) is 1.95. The second-order valence-corrected chi connectivity index (χ2v) is 7.05. The van der Waals surface area contributed by atoms with Crippen LogP contribution in [0.3, 0.4) is 0 Å². The lowest BCUT2D eigenvalue weighted by atomic mass is 10.1. The van der Waals surface area contributed by atoms with Crippen molar-refractivity contribution in [1.82, 2.24) is 10.2 Å². The van der Waals surface area contributed by atoms with Crippen molar-refractivity contribution < 1.29 is 4.79 Å². The number of nitrogens with one attached hydrogen (secondary N) is 1. The SMILES string of the molecule is CC1CC1CN1C(=O)C2(CC2)NC1c1ccc(Cl)cc1. The molecule has 1 aliphatic heterocycles. The summed E-state index contributed by atoms with van der Waals surface area (Å²) in [7, 11) is 0. The number of benzene rings is 1. The predicted molar refractivity (Wildman–Crippen MR) is 78.3 cm³/mol. The molecule has 1 amide bonds. The third-order valence-corrected chi connectivity index (χ3v) is 5.29. The first-order valence-electron chi connectivity index (χ1n) is 7.43. The number of hydrogen-bond acceptors (Lipinski definition) is 2. The van der Waals surface area contributed by atoms with Gasteiger partial charge < -0.3 is 4.90 Å². The Morgan fingerprint density at radius 1 is 1.35 bits per heavy atom. The summed E-state index contributed by atoms with van der Waals surface area (Å²) < 4.78 is 0. The summed E-state index contributed by atoms with van der Waals surface area (Å²) in [6.07, 6.45) is 3.23. The highest BCUT2D eigenvalue weighted by Gasteiger charge is 2.60. The maximum Gasteiger partial charge on any atom is 0.244 e. The van der Waals surface area contributed by atoms with Crippen LogP contribution in [0.1, 0.15) is 37.9 Å².